The van der Waals surface area contributed by atoms with E-state index in [9.17, 15) is 4.79 Å². The summed E-state index contributed by atoms with van der Waals surface area (Å²) in [5, 5.41) is 5.89. The summed E-state index contributed by atoms with van der Waals surface area (Å²) in [6.45, 7) is 4.63. The number of amides is 2. The third kappa shape index (κ3) is 4.48. The Kier molecular flexibility index (Phi) is 5.14. The standard InChI is InChI=1S/C22H22N2O/c1-16-12-17(2)14-18(13-16)15-23-22(25)24-21-11-7-6-10-20(21)19-8-4-3-5-9-19/h3-14H,15H2,1-2H3,(H2,23,24,25). The fourth-order valence-electron chi connectivity index (χ4n) is 2.98. The lowest BCUT2D eigenvalue weighted by Gasteiger charge is -2.13. The highest BCUT2D eigenvalue weighted by Gasteiger charge is 2.08. The first-order valence-corrected chi connectivity index (χ1v) is 8.38. The summed E-state index contributed by atoms with van der Waals surface area (Å²) < 4.78 is 0. The molecule has 3 aromatic carbocycles. The third-order valence-corrected chi connectivity index (χ3v) is 3.99. The van der Waals surface area contributed by atoms with Crippen molar-refractivity contribution in [3.8, 4) is 11.1 Å². The molecule has 0 atom stereocenters. The molecule has 0 bridgehead atoms. The van der Waals surface area contributed by atoms with Gasteiger partial charge in [-0.15, -0.1) is 0 Å². The topological polar surface area (TPSA) is 41.1 Å². The van der Waals surface area contributed by atoms with Gasteiger partial charge in [0.15, 0.2) is 0 Å². The Morgan fingerprint density at radius 3 is 2.20 bits per heavy atom. The maximum atomic E-state index is 12.3. The fourth-order valence-corrected chi connectivity index (χ4v) is 2.98. The van der Waals surface area contributed by atoms with E-state index in [1.165, 1.54) is 11.1 Å². The number of benzene rings is 3. The van der Waals surface area contributed by atoms with E-state index < -0.39 is 0 Å². The summed E-state index contributed by atoms with van der Waals surface area (Å²) in [5.74, 6) is 0. The van der Waals surface area contributed by atoms with Crippen LogP contribution in [0.3, 0.4) is 0 Å². The third-order valence-electron chi connectivity index (χ3n) is 3.99. The molecular formula is C22H22N2O. The van der Waals surface area contributed by atoms with E-state index in [4.69, 9.17) is 0 Å². The van der Waals surface area contributed by atoms with Crippen molar-refractivity contribution in [2.75, 3.05) is 5.32 Å². The maximum Gasteiger partial charge on any atom is 0.319 e. The van der Waals surface area contributed by atoms with Crippen molar-refractivity contribution < 1.29 is 4.79 Å². The van der Waals surface area contributed by atoms with Crippen LogP contribution in [0.1, 0.15) is 16.7 Å². The normalized spacial score (nSPS) is 10.3. The van der Waals surface area contributed by atoms with Crippen LogP contribution in [0.4, 0.5) is 10.5 Å². The van der Waals surface area contributed by atoms with E-state index in [2.05, 4.69) is 42.7 Å². The predicted molar refractivity (Wildman–Crippen MR) is 104 cm³/mol. The van der Waals surface area contributed by atoms with Crippen LogP contribution in [0.15, 0.2) is 72.8 Å². The van der Waals surface area contributed by atoms with Crippen LogP contribution in [-0.4, -0.2) is 6.03 Å². The molecule has 0 aliphatic carbocycles. The van der Waals surface area contributed by atoms with Crippen molar-refractivity contribution in [3.63, 3.8) is 0 Å². The molecule has 3 nitrogen and oxygen atoms in total. The average Bonchev–Trinajstić information content (AvgIpc) is 2.60. The second-order valence-electron chi connectivity index (χ2n) is 6.22. The van der Waals surface area contributed by atoms with Gasteiger partial charge in [0.05, 0.1) is 5.69 Å². The molecule has 0 spiro atoms. The van der Waals surface area contributed by atoms with Gasteiger partial charge in [-0.1, -0.05) is 77.9 Å². The highest BCUT2D eigenvalue weighted by molar-refractivity contribution is 5.94. The number of para-hydroxylation sites is 1. The molecule has 0 aliphatic heterocycles. The van der Waals surface area contributed by atoms with Gasteiger partial charge in [-0.05, 0) is 31.0 Å². The monoisotopic (exact) mass is 330 g/mol. The van der Waals surface area contributed by atoms with Crippen LogP contribution in [0, 0.1) is 13.8 Å². The molecular weight excluding hydrogens is 308 g/mol. The van der Waals surface area contributed by atoms with Gasteiger partial charge >= 0.3 is 6.03 Å². The number of carbonyl (C=O) groups is 1. The molecule has 0 unspecified atom stereocenters. The first-order valence-electron chi connectivity index (χ1n) is 8.38. The lowest BCUT2D eigenvalue weighted by molar-refractivity contribution is 0.251. The molecule has 0 saturated carbocycles. The lowest BCUT2D eigenvalue weighted by atomic mass is 10.0. The largest absolute Gasteiger partial charge is 0.334 e. The Bertz CT molecular complexity index is 852. The first-order chi connectivity index (χ1) is 12.1. The van der Waals surface area contributed by atoms with Gasteiger partial charge in [0.2, 0.25) is 0 Å². The summed E-state index contributed by atoms with van der Waals surface area (Å²) >= 11 is 0. The number of rotatable bonds is 4. The minimum atomic E-state index is -0.206. The van der Waals surface area contributed by atoms with Crippen molar-refractivity contribution in [3.05, 3.63) is 89.5 Å². The summed E-state index contributed by atoms with van der Waals surface area (Å²) in [6.07, 6.45) is 0. The van der Waals surface area contributed by atoms with E-state index in [0.29, 0.717) is 6.54 Å². The van der Waals surface area contributed by atoms with E-state index in [0.717, 1.165) is 22.4 Å². The minimum absolute atomic E-state index is 0.206. The van der Waals surface area contributed by atoms with Gasteiger partial charge in [0.1, 0.15) is 0 Å². The van der Waals surface area contributed by atoms with E-state index >= 15 is 0 Å². The Morgan fingerprint density at radius 1 is 0.840 bits per heavy atom. The van der Waals surface area contributed by atoms with E-state index in [1.807, 2.05) is 54.6 Å². The SMILES string of the molecule is Cc1cc(C)cc(CNC(=O)Nc2ccccc2-c2ccccc2)c1. The molecule has 0 heterocycles. The van der Waals surface area contributed by atoms with Crippen LogP contribution in [0.25, 0.3) is 11.1 Å². The van der Waals surface area contributed by atoms with Crippen LogP contribution >= 0.6 is 0 Å². The highest BCUT2D eigenvalue weighted by Crippen LogP contribution is 2.27. The van der Waals surface area contributed by atoms with Gasteiger partial charge in [-0.3, -0.25) is 0 Å². The molecule has 2 amide bonds. The van der Waals surface area contributed by atoms with Crippen molar-refractivity contribution >= 4 is 11.7 Å². The number of hydrogen-bond donors (Lipinski definition) is 2. The van der Waals surface area contributed by atoms with Crippen LogP contribution in [0.2, 0.25) is 0 Å². The number of nitrogens with one attached hydrogen (secondary N) is 2. The molecule has 0 aromatic heterocycles. The van der Waals surface area contributed by atoms with Crippen molar-refractivity contribution in [2.45, 2.75) is 20.4 Å². The maximum absolute atomic E-state index is 12.3. The summed E-state index contributed by atoms with van der Waals surface area (Å²) in [6, 6.07) is 24.0. The number of hydrogen-bond acceptors (Lipinski definition) is 1. The molecule has 2 N–H and O–H groups in total. The Morgan fingerprint density at radius 2 is 1.48 bits per heavy atom. The molecule has 0 saturated heterocycles. The summed E-state index contributed by atoms with van der Waals surface area (Å²) in [5.41, 5.74) is 6.38. The Labute approximate surface area is 148 Å². The first kappa shape index (κ1) is 16.8. The van der Waals surface area contributed by atoms with Crippen LogP contribution in [-0.2, 0) is 6.54 Å². The zero-order valence-electron chi connectivity index (χ0n) is 14.5. The Balaban J connectivity index is 1.69. The van der Waals surface area contributed by atoms with Gasteiger partial charge < -0.3 is 10.6 Å². The second kappa shape index (κ2) is 7.67. The molecule has 126 valence electrons. The number of urea groups is 1. The molecule has 0 aliphatic rings. The predicted octanol–water partition coefficient (Wildman–Crippen LogP) is 5.29. The summed E-state index contributed by atoms with van der Waals surface area (Å²) in [7, 11) is 0. The van der Waals surface area contributed by atoms with E-state index in [1.54, 1.807) is 0 Å². The number of aryl methyl sites for hydroxylation is 2. The zero-order valence-corrected chi connectivity index (χ0v) is 14.5. The smallest absolute Gasteiger partial charge is 0.319 e. The number of anilines is 1. The van der Waals surface area contributed by atoms with Crippen LogP contribution in [0.5, 0.6) is 0 Å². The molecule has 0 fully saturated rings. The van der Waals surface area contributed by atoms with Gasteiger partial charge in [0.25, 0.3) is 0 Å². The molecule has 0 radical (unpaired) electrons. The van der Waals surface area contributed by atoms with Crippen LogP contribution < -0.4 is 10.6 Å². The Hall–Kier alpha value is -3.07. The number of carbonyl (C=O) groups excluding carboxylic acids is 1. The zero-order chi connectivity index (χ0) is 17.6. The van der Waals surface area contributed by atoms with Crippen molar-refractivity contribution in [1.82, 2.24) is 5.32 Å². The average molecular weight is 330 g/mol. The molecule has 3 rings (SSSR count). The highest BCUT2D eigenvalue weighted by atomic mass is 16.2. The summed E-state index contributed by atoms with van der Waals surface area (Å²) in [4.78, 5) is 12.3. The van der Waals surface area contributed by atoms with Crippen molar-refractivity contribution in [1.29, 1.82) is 0 Å². The van der Waals surface area contributed by atoms with Gasteiger partial charge in [-0.25, -0.2) is 4.79 Å². The lowest BCUT2D eigenvalue weighted by Crippen LogP contribution is -2.28. The van der Waals surface area contributed by atoms with Crippen molar-refractivity contribution in [2.24, 2.45) is 0 Å². The van der Waals surface area contributed by atoms with Gasteiger partial charge in [-0.2, -0.15) is 0 Å². The molecule has 3 aromatic rings. The van der Waals surface area contributed by atoms with E-state index in [-0.39, 0.29) is 6.03 Å². The minimum Gasteiger partial charge on any atom is -0.334 e. The molecule has 3 heteroatoms. The molecule has 25 heavy (non-hydrogen) atoms. The fraction of sp³-hybridized carbons (Fsp3) is 0.136. The quantitative estimate of drug-likeness (QED) is 0.670. The van der Waals surface area contributed by atoms with Gasteiger partial charge in [0, 0.05) is 12.1 Å². The second-order valence-corrected chi connectivity index (χ2v) is 6.22.